The van der Waals surface area contributed by atoms with Crippen LogP contribution < -0.4 is 15.4 Å². The van der Waals surface area contributed by atoms with Crippen molar-refractivity contribution in [3.05, 3.63) is 51.8 Å². The van der Waals surface area contributed by atoms with Crippen molar-refractivity contribution in [3.63, 3.8) is 0 Å². The Bertz CT molecular complexity index is 764. The monoisotopic (exact) mass is 524 g/mol. The van der Waals surface area contributed by atoms with E-state index in [0.717, 1.165) is 30.5 Å². The lowest BCUT2D eigenvalue weighted by Crippen LogP contribution is -2.39. The van der Waals surface area contributed by atoms with E-state index in [0.29, 0.717) is 16.7 Å². The molecule has 27 heavy (non-hydrogen) atoms. The van der Waals surface area contributed by atoms with Crippen molar-refractivity contribution in [1.82, 2.24) is 15.2 Å². The van der Waals surface area contributed by atoms with Crippen molar-refractivity contribution in [2.45, 2.75) is 26.3 Å². The van der Waals surface area contributed by atoms with Gasteiger partial charge in [0.2, 0.25) is 0 Å². The van der Waals surface area contributed by atoms with Gasteiger partial charge in [0, 0.05) is 31.7 Å². The van der Waals surface area contributed by atoms with Crippen LogP contribution >= 0.6 is 47.2 Å². The molecule has 2 rings (SSSR count). The van der Waals surface area contributed by atoms with Crippen LogP contribution in [0.4, 0.5) is 0 Å². The van der Waals surface area contributed by atoms with Crippen LogP contribution in [0, 0.1) is 0 Å². The summed E-state index contributed by atoms with van der Waals surface area (Å²) in [4.78, 5) is 4.63. The number of methoxy groups -OCH3 is 1. The summed E-state index contributed by atoms with van der Waals surface area (Å²) in [5.41, 5.74) is 2.12. The van der Waals surface area contributed by atoms with Crippen LogP contribution in [0.15, 0.2) is 35.3 Å². The zero-order valence-corrected chi connectivity index (χ0v) is 19.9. The van der Waals surface area contributed by atoms with Gasteiger partial charge in [-0.3, -0.25) is 0 Å². The molecule has 1 aromatic carbocycles. The highest BCUT2D eigenvalue weighted by molar-refractivity contribution is 14.0. The van der Waals surface area contributed by atoms with Gasteiger partial charge in [-0.2, -0.15) is 0 Å². The molecule has 150 valence electrons. The van der Waals surface area contributed by atoms with Gasteiger partial charge >= 0.3 is 0 Å². The topological polar surface area (TPSA) is 50.6 Å². The number of hydrogen-bond donors (Lipinski definition) is 2. The van der Waals surface area contributed by atoms with Crippen molar-refractivity contribution in [2.24, 2.45) is 12.0 Å². The van der Waals surface area contributed by atoms with Crippen molar-refractivity contribution in [3.8, 4) is 5.75 Å². The molecule has 0 fully saturated rings. The van der Waals surface area contributed by atoms with Crippen LogP contribution in [0.5, 0.6) is 5.75 Å². The molecular formula is C19H27Cl2IN4O. The van der Waals surface area contributed by atoms with E-state index in [4.69, 9.17) is 27.9 Å². The molecule has 0 spiro atoms. The molecule has 1 unspecified atom stereocenters. The normalized spacial score (nSPS) is 12.3. The maximum Gasteiger partial charge on any atom is 0.191 e. The molecule has 0 amide bonds. The average molecular weight is 525 g/mol. The van der Waals surface area contributed by atoms with Crippen molar-refractivity contribution in [1.29, 1.82) is 0 Å². The molecule has 0 aliphatic rings. The van der Waals surface area contributed by atoms with Gasteiger partial charge in [-0.15, -0.1) is 24.0 Å². The zero-order chi connectivity index (χ0) is 19.1. The Kier molecular flexibility index (Phi) is 10.3. The van der Waals surface area contributed by atoms with E-state index in [1.165, 1.54) is 5.56 Å². The third-order valence-electron chi connectivity index (χ3n) is 4.20. The number of guanidine groups is 1. The molecular weight excluding hydrogens is 498 g/mol. The maximum absolute atomic E-state index is 6.11. The molecule has 5 nitrogen and oxygen atoms in total. The number of hydrogen-bond acceptors (Lipinski definition) is 2. The van der Waals surface area contributed by atoms with E-state index in [9.17, 15) is 0 Å². The highest BCUT2D eigenvalue weighted by Crippen LogP contribution is 2.26. The van der Waals surface area contributed by atoms with Gasteiger partial charge in [0.05, 0.1) is 18.7 Å². The number of rotatable bonds is 7. The molecule has 1 atom stereocenters. The molecule has 0 bridgehead atoms. The summed E-state index contributed by atoms with van der Waals surface area (Å²) in [5, 5.41) is 7.72. The lowest BCUT2D eigenvalue weighted by atomic mass is 10.0. The predicted molar refractivity (Wildman–Crippen MR) is 125 cm³/mol. The van der Waals surface area contributed by atoms with Gasteiger partial charge in [-0.25, -0.2) is 4.99 Å². The number of halogens is 3. The molecule has 1 aromatic heterocycles. The summed E-state index contributed by atoms with van der Waals surface area (Å²) < 4.78 is 7.29. The number of benzene rings is 1. The third-order valence-corrected chi connectivity index (χ3v) is 5.05. The summed E-state index contributed by atoms with van der Waals surface area (Å²) >= 11 is 12.2. The molecule has 0 radical (unpaired) electrons. The Morgan fingerprint density at radius 1 is 1.26 bits per heavy atom. The minimum absolute atomic E-state index is 0. The van der Waals surface area contributed by atoms with Crippen LogP contribution in [0.3, 0.4) is 0 Å². The second-order valence-electron chi connectivity index (χ2n) is 6.05. The molecule has 8 heteroatoms. The van der Waals surface area contributed by atoms with E-state index in [1.54, 1.807) is 7.11 Å². The van der Waals surface area contributed by atoms with E-state index >= 15 is 0 Å². The Morgan fingerprint density at radius 3 is 2.56 bits per heavy atom. The standard InChI is InChI=1S/C19H26Cl2N4O.HI/c1-5-22-19(24-12-14-10-16(20)18(21)25(14)3)23-11-13(2)15-8-6-7-9-17(15)26-4;/h6-10,13H,5,11-12H2,1-4H3,(H2,22,23,24);1H. The zero-order valence-electron chi connectivity index (χ0n) is 16.1. The minimum Gasteiger partial charge on any atom is -0.496 e. The van der Waals surface area contributed by atoms with Crippen LogP contribution in [0.1, 0.15) is 31.0 Å². The first kappa shape index (κ1) is 23.9. The first-order valence-corrected chi connectivity index (χ1v) is 9.38. The predicted octanol–water partition coefficient (Wildman–Crippen LogP) is 4.82. The molecule has 0 aliphatic heterocycles. The largest absolute Gasteiger partial charge is 0.496 e. The van der Waals surface area contributed by atoms with E-state index in [2.05, 4.69) is 28.6 Å². The van der Waals surface area contributed by atoms with Crippen molar-refractivity contribution in [2.75, 3.05) is 20.2 Å². The van der Waals surface area contributed by atoms with Gasteiger partial charge in [0.25, 0.3) is 0 Å². The van der Waals surface area contributed by atoms with Gasteiger partial charge in [-0.1, -0.05) is 48.3 Å². The fourth-order valence-electron chi connectivity index (χ4n) is 2.68. The second-order valence-corrected chi connectivity index (χ2v) is 6.82. The number of ether oxygens (including phenoxy) is 1. The first-order chi connectivity index (χ1) is 12.5. The summed E-state index contributed by atoms with van der Waals surface area (Å²) in [6.07, 6.45) is 0. The molecule has 0 saturated carbocycles. The maximum atomic E-state index is 6.11. The van der Waals surface area contributed by atoms with E-state index in [1.807, 2.05) is 42.8 Å². The first-order valence-electron chi connectivity index (χ1n) is 8.62. The highest BCUT2D eigenvalue weighted by atomic mass is 127. The minimum atomic E-state index is 0. The SMILES string of the molecule is CCNC(=NCc1cc(Cl)c(Cl)n1C)NCC(C)c1ccccc1OC.I. The molecule has 0 saturated heterocycles. The van der Waals surface area contributed by atoms with Gasteiger partial charge in [-0.05, 0) is 24.6 Å². The Hall–Kier alpha value is -1.12. The fourth-order valence-corrected chi connectivity index (χ4v) is 3.09. The number of nitrogens with one attached hydrogen (secondary N) is 2. The summed E-state index contributed by atoms with van der Waals surface area (Å²) in [6.45, 7) is 6.20. The van der Waals surface area contributed by atoms with E-state index < -0.39 is 0 Å². The lowest BCUT2D eigenvalue weighted by Gasteiger charge is -2.18. The summed E-state index contributed by atoms with van der Waals surface area (Å²) in [5.74, 6) is 1.92. The van der Waals surface area contributed by atoms with Gasteiger partial charge in [0.1, 0.15) is 10.9 Å². The Morgan fingerprint density at radius 2 is 1.96 bits per heavy atom. The Labute approximate surface area is 188 Å². The fraction of sp³-hybridized carbons (Fsp3) is 0.421. The lowest BCUT2D eigenvalue weighted by molar-refractivity contribution is 0.406. The average Bonchev–Trinajstić information content (AvgIpc) is 2.90. The van der Waals surface area contributed by atoms with Crippen LogP contribution in [-0.2, 0) is 13.6 Å². The molecule has 0 aliphatic carbocycles. The second kappa shape index (κ2) is 11.7. The van der Waals surface area contributed by atoms with Gasteiger partial charge in [0.15, 0.2) is 5.96 Å². The molecule has 1 heterocycles. The number of aromatic nitrogens is 1. The third kappa shape index (κ3) is 6.47. The van der Waals surface area contributed by atoms with Crippen molar-refractivity contribution < 1.29 is 4.74 Å². The summed E-state index contributed by atoms with van der Waals surface area (Å²) in [7, 11) is 3.57. The highest BCUT2D eigenvalue weighted by Gasteiger charge is 2.12. The number of para-hydroxylation sites is 1. The number of nitrogens with zero attached hydrogens (tertiary/aromatic N) is 2. The van der Waals surface area contributed by atoms with E-state index in [-0.39, 0.29) is 29.9 Å². The molecule has 2 aromatic rings. The van der Waals surface area contributed by atoms with Crippen LogP contribution in [0.2, 0.25) is 10.2 Å². The smallest absolute Gasteiger partial charge is 0.191 e. The van der Waals surface area contributed by atoms with Crippen LogP contribution in [0.25, 0.3) is 0 Å². The summed E-state index contributed by atoms with van der Waals surface area (Å²) in [6, 6.07) is 9.91. The van der Waals surface area contributed by atoms with Crippen LogP contribution in [-0.4, -0.2) is 30.7 Å². The molecule has 2 N–H and O–H groups in total. The van der Waals surface area contributed by atoms with Gasteiger partial charge < -0.3 is 19.9 Å². The quantitative estimate of drug-likeness (QED) is 0.310. The number of aliphatic imine (C=N–C) groups is 1. The van der Waals surface area contributed by atoms with Crippen molar-refractivity contribution >= 4 is 53.1 Å². The Balaban J connectivity index is 0.00000364.